The standard InChI is InChI=1S/C15H20O5/c1-18-11-8-9-14(19-2)12(10-11)13(16)6-4-5-7-15(17)20-3/h8-10H,4-7H2,1-3H3. The summed E-state index contributed by atoms with van der Waals surface area (Å²) in [5.41, 5.74) is 0.505. The van der Waals surface area contributed by atoms with Crippen LogP contribution in [0.3, 0.4) is 0 Å². The lowest BCUT2D eigenvalue weighted by atomic mass is 10.0. The highest BCUT2D eigenvalue weighted by molar-refractivity contribution is 5.99. The van der Waals surface area contributed by atoms with Crippen LogP contribution in [0, 0.1) is 0 Å². The van der Waals surface area contributed by atoms with Gasteiger partial charge in [-0.15, -0.1) is 0 Å². The lowest BCUT2D eigenvalue weighted by Gasteiger charge is -2.09. The molecule has 0 aliphatic heterocycles. The molecule has 0 fully saturated rings. The molecule has 110 valence electrons. The molecule has 0 spiro atoms. The lowest BCUT2D eigenvalue weighted by Crippen LogP contribution is -2.04. The largest absolute Gasteiger partial charge is 0.497 e. The van der Waals surface area contributed by atoms with Crippen LogP contribution in [0.1, 0.15) is 36.0 Å². The van der Waals surface area contributed by atoms with E-state index in [0.29, 0.717) is 42.7 Å². The molecule has 0 amide bonds. The fourth-order valence-corrected chi connectivity index (χ4v) is 1.82. The molecular weight excluding hydrogens is 260 g/mol. The first-order chi connectivity index (χ1) is 9.62. The van der Waals surface area contributed by atoms with E-state index < -0.39 is 0 Å². The van der Waals surface area contributed by atoms with E-state index in [4.69, 9.17) is 9.47 Å². The van der Waals surface area contributed by atoms with Crippen molar-refractivity contribution in [2.24, 2.45) is 0 Å². The Morgan fingerprint density at radius 3 is 2.30 bits per heavy atom. The SMILES string of the molecule is COC(=O)CCCCC(=O)c1cc(OC)ccc1OC. The third kappa shape index (κ3) is 4.57. The molecule has 1 aromatic carbocycles. The first-order valence-electron chi connectivity index (χ1n) is 6.44. The van der Waals surface area contributed by atoms with Gasteiger partial charge in [-0.25, -0.2) is 0 Å². The Labute approximate surface area is 118 Å². The van der Waals surface area contributed by atoms with Crippen LogP contribution in [0.25, 0.3) is 0 Å². The van der Waals surface area contributed by atoms with E-state index in [9.17, 15) is 9.59 Å². The molecule has 0 saturated carbocycles. The number of rotatable bonds is 8. The highest BCUT2D eigenvalue weighted by Gasteiger charge is 2.13. The van der Waals surface area contributed by atoms with Crippen LogP contribution in [0.2, 0.25) is 0 Å². The summed E-state index contributed by atoms with van der Waals surface area (Å²) in [5.74, 6) is 0.870. The molecule has 0 aromatic heterocycles. The zero-order chi connectivity index (χ0) is 15.0. The summed E-state index contributed by atoms with van der Waals surface area (Å²) >= 11 is 0. The van der Waals surface area contributed by atoms with Crippen LogP contribution < -0.4 is 9.47 Å². The van der Waals surface area contributed by atoms with E-state index >= 15 is 0 Å². The average molecular weight is 280 g/mol. The summed E-state index contributed by atoms with van der Waals surface area (Å²) < 4.78 is 14.8. The molecule has 0 aliphatic carbocycles. The van der Waals surface area contributed by atoms with Crippen molar-refractivity contribution in [2.45, 2.75) is 25.7 Å². The van der Waals surface area contributed by atoms with E-state index in [-0.39, 0.29) is 11.8 Å². The molecule has 0 bridgehead atoms. The topological polar surface area (TPSA) is 61.8 Å². The molecular formula is C15H20O5. The predicted octanol–water partition coefficient (Wildman–Crippen LogP) is 2.62. The fraction of sp³-hybridized carbons (Fsp3) is 0.467. The number of benzene rings is 1. The molecule has 1 rings (SSSR count). The Morgan fingerprint density at radius 2 is 1.70 bits per heavy atom. The normalized spacial score (nSPS) is 9.95. The minimum Gasteiger partial charge on any atom is -0.497 e. The Kier molecular flexibility index (Phi) is 6.56. The number of ketones is 1. The van der Waals surface area contributed by atoms with E-state index in [1.54, 1.807) is 25.3 Å². The van der Waals surface area contributed by atoms with Crippen LogP contribution in [-0.2, 0) is 9.53 Å². The highest BCUT2D eigenvalue weighted by Crippen LogP contribution is 2.25. The predicted molar refractivity (Wildman–Crippen MR) is 74.4 cm³/mol. The quantitative estimate of drug-likeness (QED) is 0.416. The summed E-state index contributed by atoms with van der Waals surface area (Å²) in [6.45, 7) is 0. The van der Waals surface area contributed by atoms with Gasteiger partial charge in [-0.1, -0.05) is 0 Å². The van der Waals surface area contributed by atoms with E-state index in [1.165, 1.54) is 14.2 Å². The zero-order valence-corrected chi connectivity index (χ0v) is 12.1. The Bertz CT molecular complexity index is 467. The molecule has 5 heteroatoms. The van der Waals surface area contributed by atoms with Crippen LogP contribution in [0.5, 0.6) is 11.5 Å². The molecule has 20 heavy (non-hydrogen) atoms. The van der Waals surface area contributed by atoms with Gasteiger partial charge in [0, 0.05) is 12.8 Å². The van der Waals surface area contributed by atoms with Crippen molar-refractivity contribution < 1.29 is 23.8 Å². The van der Waals surface area contributed by atoms with Gasteiger partial charge in [0.25, 0.3) is 0 Å². The number of methoxy groups -OCH3 is 3. The van der Waals surface area contributed by atoms with E-state index in [1.807, 2.05) is 0 Å². The van der Waals surface area contributed by atoms with Crippen molar-refractivity contribution in [1.29, 1.82) is 0 Å². The van der Waals surface area contributed by atoms with Crippen LogP contribution in [0.4, 0.5) is 0 Å². The molecule has 1 aromatic rings. The first kappa shape index (κ1) is 16.0. The second-order valence-electron chi connectivity index (χ2n) is 4.27. The number of unbranched alkanes of at least 4 members (excludes halogenated alkanes) is 1. The van der Waals surface area contributed by atoms with E-state index in [2.05, 4.69) is 4.74 Å². The molecule has 0 aliphatic rings. The first-order valence-corrected chi connectivity index (χ1v) is 6.44. The molecule has 0 saturated heterocycles. The van der Waals surface area contributed by atoms with Crippen molar-refractivity contribution in [3.63, 3.8) is 0 Å². The monoisotopic (exact) mass is 280 g/mol. The maximum atomic E-state index is 12.2. The number of esters is 1. The second-order valence-corrected chi connectivity index (χ2v) is 4.27. The maximum absolute atomic E-state index is 12.2. The van der Waals surface area contributed by atoms with Crippen molar-refractivity contribution in [2.75, 3.05) is 21.3 Å². The Hall–Kier alpha value is -2.04. The molecule has 0 heterocycles. The van der Waals surface area contributed by atoms with Gasteiger partial charge in [-0.05, 0) is 31.0 Å². The second kappa shape index (κ2) is 8.19. The molecule has 0 radical (unpaired) electrons. The minimum atomic E-state index is -0.253. The van der Waals surface area contributed by atoms with Crippen LogP contribution >= 0.6 is 0 Å². The molecule has 0 N–H and O–H groups in total. The summed E-state index contributed by atoms with van der Waals surface area (Å²) in [4.78, 5) is 23.1. The van der Waals surface area contributed by atoms with Gasteiger partial charge in [0.15, 0.2) is 5.78 Å². The fourth-order valence-electron chi connectivity index (χ4n) is 1.82. The number of Topliss-reactive ketones (excluding diaryl/α,β-unsaturated/α-hetero) is 1. The smallest absolute Gasteiger partial charge is 0.305 e. The van der Waals surface area contributed by atoms with Crippen LogP contribution in [0.15, 0.2) is 18.2 Å². The average Bonchev–Trinajstić information content (AvgIpc) is 2.50. The maximum Gasteiger partial charge on any atom is 0.305 e. The summed E-state index contributed by atoms with van der Waals surface area (Å²) in [6.07, 6.45) is 1.96. The number of carbonyl (C=O) groups excluding carboxylic acids is 2. The molecule has 5 nitrogen and oxygen atoms in total. The van der Waals surface area contributed by atoms with Crippen molar-refractivity contribution in [3.8, 4) is 11.5 Å². The third-order valence-electron chi connectivity index (χ3n) is 2.97. The van der Waals surface area contributed by atoms with Crippen molar-refractivity contribution in [3.05, 3.63) is 23.8 Å². The zero-order valence-electron chi connectivity index (χ0n) is 12.1. The Balaban J connectivity index is 2.60. The van der Waals surface area contributed by atoms with Gasteiger partial charge in [-0.3, -0.25) is 9.59 Å². The van der Waals surface area contributed by atoms with Gasteiger partial charge >= 0.3 is 5.97 Å². The van der Waals surface area contributed by atoms with E-state index in [0.717, 1.165) is 0 Å². The Morgan fingerprint density at radius 1 is 1.00 bits per heavy atom. The third-order valence-corrected chi connectivity index (χ3v) is 2.97. The summed E-state index contributed by atoms with van der Waals surface area (Å²) in [7, 11) is 4.43. The number of hydrogen-bond acceptors (Lipinski definition) is 5. The number of hydrogen-bond donors (Lipinski definition) is 0. The molecule has 0 unspecified atom stereocenters. The molecule has 0 atom stereocenters. The van der Waals surface area contributed by atoms with Gasteiger partial charge in [0.2, 0.25) is 0 Å². The summed E-state index contributed by atoms with van der Waals surface area (Å²) in [6, 6.07) is 5.12. The van der Waals surface area contributed by atoms with Gasteiger partial charge < -0.3 is 14.2 Å². The van der Waals surface area contributed by atoms with Crippen molar-refractivity contribution in [1.82, 2.24) is 0 Å². The minimum absolute atomic E-state index is 0.0226. The number of ether oxygens (including phenoxy) is 3. The number of carbonyl (C=O) groups is 2. The van der Waals surface area contributed by atoms with Gasteiger partial charge in [0.05, 0.1) is 26.9 Å². The lowest BCUT2D eigenvalue weighted by molar-refractivity contribution is -0.140. The van der Waals surface area contributed by atoms with Gasteiger partial charge in [0.1, 0.15) is 11.5 Å². The van der Waals surface area contributed by atoms with Crippen molar-refractivity contribution >= 4 is 11.8 Å². The van der Waals surface area contributed by atoms with Gasteiger partial charge in [-0.2, -0.15) is 0 Å². The highest BCUT2D eigenvalue weighted by atomic mass is 16.5. The van der Waals surface area contributed by atoms with Crippen LogP contribution in [-0.4, -0.2) is 33.1 Å². The summed E-state index contributed by atoms with van der Waals surface area (Å²) in [5, 5.41) is 0.